The van der Waals surface area contributed by atoms with Crippen LogP contribution < -0.4 is 5.32 Å². The van der Waals surface area contributed by atoms with E-state index in [1.807, 2.05) is 61.5 Å². The lowest BCUT2D eigenvalue weighted by molar-refractivity contribution is 0.0912. The van der Waals surface area contributed by atoms with Gasteiger partial charge in [0.05, 0.1) is 12.6 Å². The Hall–Kier alpha value is -2.59. The molecule has 0 spiro atoms. The van der Waals surface area contributed by atoms with Gasteiger partial charge in [-0.15, -0.1) is 0 Å². The number of rotatable bonds is 4. The van der Waals surface area contributed by atoms with Gasteiger partial charge in [0.2, 0.25) is 0 Å². The average Bonchev–Trinajstić information content (AvgIpc) is 2.99. The lowest BCUT2D eigenvalue weighted by atomic mass is 10.1. The zero-order chi connectivity index (χ0) is 15.5. The van der Waals surface area contributed by atoms with Crippen LogP contribution in [0.4, 0.5) is 0 Å². The summed E-state index contributed by atoms with van der Waals surface area (Å²) in [5.74, 6) is -0.224. The number of benzene rings is 2. The van der Waals surface area contributed by atoms with Crippen LogP contribution in [0.1, 0.15) is 27.7 Å². The molecule has 22 heavy (non-hydrogen) atoms. The molecule has 3 rings (SSSR count). The molecule has 112 valence electrons. The highest BCUT2D eigenvalue weighted by Gasteiger charge is 2.16. The molecule has 0 radical (unpaired) electrons. The number of aliphatic hydroxyl groups is 1. The molecular formula is C18H18N2O2. The molecule has 0 unspecified atom stereocenters. The van der Waals surface area contributed by atoms with Crippen molar-refractivity contribution in [3.63, 3.8) is 0 Å². The third-order valence-electron chi connectivity index (χ3n) is 3.80. The number of carbonyl (C=O) groups excluding carboxylic acids is 1. The fourth-order valence-corrected chi connectivity index (χ4v) is 2.59. The van der Waals surface area contributed by atoms with E-state index in [9.17, 15) is 9.90 Å². The topological polar surface area (TPSA) is 65.1 Å². The van der Waals surface area contributed by atoms with E-state index in [0.29, 0.717) is 5.69 Å². The maximum Gasteiger partial charge on any atom is 0.268 e. The summed E-state index contributed by atoms with van der Waals surface area (Å²) in [5.41, 5.74) is 3.44. The van der Waals surface area contributed by atoms with Crippen LogP contribution in [0.25, 0.3) is 10.9 Å². The molecule has 0 saturated heterocycles. The number of amides is 1. The number of hydrogen-bond acceptors (Lipinski definition) is 2. The van der Waals surface area contributed by atoms with Gasteiger partial charge in [-0.1, -0.05) is 48.5 Å². The molecule has 0 fully saturated rings. The molecule has 0 aliphatic heterocycles. The first-order valence-electron chi connectivity index (χ1n) is 7.24. The number of aryl methyl sites for hydroxylation is 1. The van der Waals surface area contributed by atoms with Crippen LogP contribution in [0.2, 0.25) is 0 Å². The highest BCUT2D eigenvalue weighted by molar-refractivity contribution is 5.98. The van der Waals surface area contributed by atoms with Crippen LogP contribution in [0.3, 0.4) is 0 Å². The summed E-state index contributed by atoms with van der Waals surface area (Å²) in [6.07, 6.45) is 0. The molecule has 0 aliphatic carbocycles. The van der Waals surface area contributed by atoms with Gasteiger partial charge in [0.15, 0.2) is 0 Å². The molecule has 0 aliphatic rings. The molecule has 4 nitrogen and oxygen atoms in total. The average molecular weight is 294 g/mol. The van der Waals surface area contributed by atoms with E-state index >= 15 is 0 Å². The van der Waals surface area contributed by atoms with Crippen LogP contribution in [0, 0.1) is 6.92 Å². The molecule has 1 aromatic heterocycles. The van der Waals surface area contributed by atoms with Gasteiger partial charge in [-0.05, 0) is 24.1 Å². The SMILES string of the molecule is Cc1cccc2cc(C(=O)N[C@@H](CO)c3ccccc3)[nH]c12. The van der Waals surface area contributed by atoms with E-state index in [1.165, 1.54) is 0 Å². The molecule has 3 N–H and O–H groups in total. The molecule has 2 aromatic carbocycles. The normalized spacial score (nSPS) is 12.3. The van der Waals surface area contributed by atoms with Gasteiger partial charge in [-0.3, -0.25) is 4.79 Å². The second-order valence-corrected chi connectivity index (χ2v) is 5.34. The van der Waals surface area contributed by atoms with Crippen molar-refractivity contribution in [2.45, 2.75) is 13.0 Å². The fraction of sp³-hybridized carbons (Fsp3) is 0.167. The summed E-state index contributed by atoms with van der Waals surface area (Å²) in [6, 6.07) is 16.8. The van der Waals surface area contributed by atoms with E-state index < -0.39 is 6.04 Å². The van der Waals surface area contributed by atoms with Gasteiger partial charge < -0.3 is 15.4 Å². The van der Waals surface area contributed by atoms with Crippen molar-refractivity contribution in [2.24, 2.45) is 0 Å². The van der Waals surface area contributed by atoms with E-state index in [-0.39, 0.29) is 12.5 Å². The maximum absolute atomic E-state index is 12.4. The number of aromatic amines is 1. The van der Waals surface area contributed by atoms with Crippen LogP contribution >= 0.6 is 0 Å². The van der Waals surface area contributed by atoms with Crippen molar-refractivity contribution in [3.8, 4) is 0 Å². The largest absolute Gasteiger partial charge is 0.394 e. The lowest BCUT2D eigenvalue weighted by Crippen LogP contribution is -2.30. The third-order valence-corrected chi connectivity index (χ3v) is 3.80. The molecule has 0 bridgehead atoms. The Balaban J connectivity index is 1.85. The quantitative estimate of drug-likeness (QED) is 0.692. The second kappa shape index (κ2) is 6.03. The highest BCUT2D eigenvalue weighted by Crippen LogP contribution is 2.19. The minimum atomic E-state index is -0.416. The van der Waals surface area contributed by atoms with Crippen molar-refractivity contribution >= 4 is 16.8 Å². The fourth-order valence-electron chi connectivity index (χ4n) is 2.59. The van der Waals surface area contributed by atoms with Crippen molar-refractivity contribution in [1.82, 2.24) is 10.3 Å². The number of H-pyrrole nitrogens is 1. The van der Waals surface area contributed by atoms with Gasteiger partial charge >= 0.3 is 0 Å². The number of aromatic nitrogens is 1. The summed E-state index contributed by atoms with van der Waals surface area (Å²) in [5, 5.41) is 13.4. The Morgan fingerprint density at radius 1 is 1.18 bits per heavy atom. The van der Waals surface area contributed by atoms with E-state index in [2.05, 4.69) is 10.3 Å². The molecule has 0 saturated carbocycles. The van der Waals surface area contributed by atoms with Gasteiger partial charge in [0, 0.05) is 10.9 Å². The number of hydrogen-bond donors (Lipinski definition) is 3. The predicted molar refractivity (Wildman–Crippen MR) is 86.8 cm³/mol. The Morgan fingerprint density at radius 3 is 2.64 bits per heavy atom. The smallest absolute Gasteiger partial charge is 0.268 e. The van der Waals surface area contributed by atoms with Gasteiger partial charge in [0.25, 0.3) is 5.91 Å². The van der Waals surface area contributed by atoms with Gasteiger partial charge in [-0.2, -0.15) is 0 Å². The monoisotopic (exact) mass is 294 g/mol. The van der Waals surface area contributed by atoms with Crippen LogP contribution in [-0.4, -0.2) is 22.6 Å². The zero-order valence-electron chi connectivity index (χ0n) is 12.3. The van der Waals surface area contributed by atoms with Gasteiger partial charge in [-0.25, -0.2) is 0 Å². The predicted octanol–water partition coefficient (Wildman–Crippen LogP) is 2.94. The van der Waals surface area contributed by atoms with Gasteiger partial charge in [0.1, 0.15) is 5.69 Å². The first-order valence-corrected chi connectivity index (χ1v) is 7.24. The summed E-state index contributed by atoms with van der Waals surface area (Å²) >= 11 is 0. The first-order chi connectivity index (χ1) is 10.7. The van der Waals surface area contributed by atoms with Crippen LogP contribution in [-0.2, 0) is 0 Å². The Morgan fingerprint density at radius 2 is 1.95 bits per heavy atom. The minimum Gasteiger partial charge on any atom is -0.394 e. The Kier molecular flexibility index (Phi) is 3.94. The number of nitrogens with one attached hydrogen (secondary N) is 2. The molecular weight excluding hydrogens is 276 g/mol. The summed E-state index contributed by atoms with van der Waals surface area (Å²) in [7, 11) is 0. The van der Waals surface area contributed by atoms with Crippen molar-refractivity contribution in [1.29, 1.82) is 0 Å². The summed E-state index contributed by atoms with van der Waals surface area (Å²) in [4.78, 5) is 15.6. The number of aliphatic hydroxyl groups excluding tert-OH is 1. The molecule has 1 amide bonds. The van der Waals surface area contributed by atoms with Crippen LogP contribution in [0.5, 0.6) is 0 Å². The minimum absolute atomic E-state index is 0.144. The molecule has 3 aromatic rings. The summed E-state index contributed by atoms with van der Waals surface area (Å²) < 4.78 is 0. The number of carbonyl (C=O) groups is 1. The zero-order valence-corrected chi connectivity index (χ0v) is 12.3. The number of para-hydroxylation sites is 1. The lowest BCUT2D eigenvalue weighted by Gasteiger charge is -2.16. The van der Waals surface area contributed by atoms with E-state index in [1.54, 1.807) is 0 Å². The maximum atomic E-state index is 12.4. The Labute approximate surface area is 128 Å². The summed E-state index contributed by atoms with van der Waals surface area (Å²) in [6.45, 7) is 1.86. The van der Waals surface area contributed by atoms with Crippen molar-refractivity contribution in [3.05, 3.63) is 71.4 Å². The second-order valence-electron chi connectivity index (χ2n) is 5.34. The van der Waals surface area contributed by atoms with Crippen molar-refractivity contribution in [2.75, 3.05) is 6.61 Å². The third kappa shape index (κ3) is 2.73. The van der Waals surface area contributed by atoms with E-state index in [0.717, 1.165) is 22.0 Å². The molecule has 1 heterocycles. The van der Waals surface area contributed by atoms with Crippen LogP contribution in [0.15, 0.2) is 54.6 Å². The highest BCUT2D eigenvalue weighted by atomic mass is 16.3. The molecule has 4 heteroatoms. The standard InChI is InChI=1S/C18H18N2O2/c1-12-6-5-9-14-10-15(19-17(12)14)18(22)20-16(11-21)13-7-3-2-4-8-13/h2-10,16,19,21H,11H2,1H3,(H,20,22)/t16-/m0/s1. The van der Waals surface area contributed by atoms with E-state index in [4.69, 9.17) is 0 Å². The molecule has 1 atom stereocenters. The van der Waals surface area contributed by atoms with Crippen molar-refractivity contribution < 1.29 is 9.90 Å². The number of fused-ring (bicyclic) bond motifs is 1. The Bertz CT molecular complexity index is 793. The first kappa shape index (κ1) is 14.4.